The quantitative estimate of drug-likeness (QED) is 0.612. The van der Waals surface area contributed by atoms with Gasteiger partial charge in [0.15, 0.2) is 5.82 Å². The number of alkyl halides is 4. The summed E-state index contributed by atoms with van der Waals surface area (Å²) in [4.78, 5) is 4.08. The van der Waals surface area contributed by atoms with E-state index < -0.39 is 32.4 Å². The number of nitrogens with zero attached hydrogens (tertiary/aromatic N) is 2. The Morgan fingerprint density at radius 1 is 1.17 bits per heavy atom. The minimum atomic E-state index is -3.79. The van der Waals surface area contributed by atoms with Crippen molar-refractivity contribution in [3.8, 4) is 0 Å². The van der Waals surface area contributed by atoms with Gasteiger partial charge in [-0.1, -0.05) is 6.07 Å². The number of sulfonamides is 1. The molecule has 0 amide bonds. The van der Waals surface area contributed by atoms with Crippen LogP contribution in [0.1, 0.15) is 59.2 Å². The summed E-state index contributed by atoms with van der Waals surface area (Å²) in [6.07, 6.45) is -0.0625. The molecule has 1 aromatic carbocycles. The van der Waals surface area contributed by atoms with Gasteiger partial charge in [0.05, 0.1) is 16.0 Å². The van der Waals surface area contributed by atoms with E-state index in [1.807, 2.05) is 0 Å². The first-order valence-electron chi connectivity index (χ1n) is 9.88. The molecule has 3 rings (SSSR count). The first-order valence-corrected chi connectivity index (χ1v) is 11.4. The van der Waals surface area contributed by atoms with Gasteiger partial charge >= 0.3 is 5.92 Å². The molecule has 30 heavy (non-hydrogen) atoms. The van der Waals surface area contributed by atoms with Crippen LogP contribution in [0.2, 0.25) is 0 Å². The second-order valence-corrected chi connectivity index (χ2v) is 11.6. The summed E-state index contributed by atoms with van der Waals surface area (Å²) in [6, 6.07) is 4.62. The number of aromatic nitrogens is 2. The number of anilines is 1. The van der Waals surface area contributed by atoms with E-state index in [0.717, 1.165) is 6.92 Å². The lowest BCUT2D eigenvalue weighted by Crippen LogP contribution is -2.33. The average molecular weight is 450 g/mol. The number of para-hydroxylation sites is 1. The van der Waals surface area contributed by atoms with Crippen LogP contribution in [-0.4, -0.2) is 28.6 Å². The van der Waals surface area contributed by atoms with Gasteiger partial charge in [0.1, 0.15) is 5.52 Å². The zero-order valence-corrected chi connectivity index (χ0v) is 18.3. The van der Waals surface area contributed by atoms with Crippen molar-refractivity contribution >= 4 is 26.7 Å². The predicted octanol–water partition coefficient (Wildman–Crippen LogP) is 5.51. The van der Waals surface area contributed by atoms with Gasteiger partial charge in [0.2, 0.25) is 15.9 Å². The van der Waals surface area contributed by atoms with Crippen LogP contribution in [0, 0.1) is 5.92 Å². The number of hydrogen-bond acceptors (Lipinski definition) is 3. The lowest BCUT2D eigenvalue weighted by Gasteiger charge is -2.29. The molecule has 168 valence electrons. The molecular formula is C20H27F4N3O2S. The van der Waals surface area contributed by atoms with E-state index in [-0.39, 0.29) is 49.4 Å². The summed E-state index contributed by atoms with van der Waals surface area (Å²) in [5.41, 5.74) is 0.572. The predicted molar refractivity (Wildman–Crippen MR) is 109 cm³/mol. The van der Waals surface area contributed by atoms with Crippen LogP contribution in [-0.2, 0) is 22.5 Å². The summed E-state index contributed by atoms with van der Waals surface area (Å²) in [6.45, 7) is 5.43. The number of nitrogens with one attached hydrogen (secondary N) is 1. The topological polar surface area (TPSA) is 64.0 Å². The number of rotatable bonds is 5. The molecule has 1 saturated carbocycles. The molecule has 1 aliphatic rings. The van der Waals surface area contributed by atoms with Crippen LogP contribution in [0.3, 0.4) is 0 Å². The van der Waals surface area contributed by atoms with Crippen LogP contribution >= 0.6 is 0 Å². The van der Waals surface area contributed by atoms with Crippen molar-refractivity contribution in [1.29, 1.82) is 0 Å². The van der Waals surface area contributed by atoms with E-state index in [4.69, 9.17) is 0 Å². The van der Waals surface area contributed by atoms with E-state index >= 15 is 0 Å². The van der Waals surface area contributed by atoms with Gasteiger partial charge < -0.3 is 4.57 Å². The first kappa shape index (κ1) is 22.8. The molecule has 0 spiro atoms. The molecule has 0 radical (unpaired) electrons. The highest BCUT2D eigenvalue weighted by Crippen LogP contribution is 2.39. The van der Waals surface area contributed by atoms with Crippen LogP contribution in [0.25, 0.3) is 11.0 Å². The van der Waals surface area contributed by atoms with Crippen molar-refractivity contribution in [1.82, 2.24) is 9.55 Å². The first-order chi connectivity index (χ1) is 13.6. The van der Waals surface area contributed by atoms with Gasteiger partial charge in [-0.25, -0.2) is 22.2 Å². The van der Waals surface area contributed by atoms with Crippen LogP contribution in [0.15, 0.2) is 18.2 Å². The molecule has 0 atom stereocenters. The smallest absolute Gasteiger partial charge is 0.302 e. The molecule has 10 heteroatoms. The van der Waals surface area contributed by atoms with E-state index in [0.29, 0.717) is 5.52 Å². The molecule has 0 bridgehead atoms. The number of fused-ring (bicyclic) bond motifs is 1. The SMILES string of the molecule is CC(F)(F)c1nc2c(NS(=O)(=O)C(C)(C)C)cccc2n1CC1CCC(F)(F)CC1. The third kappa shape index (κ3) is 4.58. The Balaban J connectivity index is 2.04. The number of imidazole rings is 1. The average Bonchev–Trinajstić information content (AvgIpc) is 2.95. The molecule has 1 aliphatic carbocycles. The molecule has 1 heterocycles. The Morgan fingerprint density at radius 2 is 1.77 bits per heavy atom. The Morgan fingerprint density at radius 3 is 2.30 bits per heavy atom. The van der Waals surface area contributed by atoms with Crippen molar-refractivity contribution in [3.05, 3.63) is 24.0 Å². The number of hydrogen-bond donors (Lipinski definition) is 1. The fourth-order valence-electron chi connectivity index (χ4n) is 3.59. The summed E-state index contributed by atoms with van der Waals surface area (Å²) >= 11 is 0. The van der Waals surface area contributed by atoms with E-state index in [2.05, 4.69) is 9.71 Å². The molecule has 0 unspecified atom stereocenters. The molecular weight excluding hydrogens is 422 g/mol. The number of halogens is 4. The van der Waals surface area contributed by atoms with Gasteiger partial charge in [-0.15, -0.1) is 0 Å². The maximum Gasteiger partial charge on any atom is 0.302 e. The lowest BCUT2D eigenvalue weighted by molar-refractivity contribution is -0.0483. The third-order valence-electron chi connectivity index (χ3n) is 5.50. The van der Waals surface area contributed by atoms with Gasteiger partial charge in [-0.2, -0.15) is 8.78 Å². The zero-order chi connectivity index (χ0) is 22.5. The number of benzene rings is 1. The maximum absolute atomic E-state index is 14.3. The highest BCUT2D eigenvalue weighted by molar-refractivity contribution is 7.94. The monoisotopic (exact) mass is 449 g/mol. The minimum Gasteiger partial charge on any atom is -0.323 e. The van der Waals surface area contributed by atoms with Gasteiger partial charge in [-0.05, 0) is 51.7 Å². The van der Waals surface area contributed by atoms with Crippen molar-refractivity contribution in [2.45, 2.75) is 76.5 Å². The molecule has 1 fully saturated rings. The van der Waals surface area contributed by atoms with Crippen LogP contribution < -0.4 is 4.72 Å². The van der Waals surface area contributed by atoms with Gasteiger partial charge in [-0.3, -0.25) is 4.72 Å². The fourth-order valence-corrected chi connectivity index (χ4v) is 4.35. The van der Waals surface area contributed by atoms with Crippen molar-refractivity contribution < 1.29 is 26.0 Å². The van der Waals surface area contributed by atoms with E-state index in [9.17, 15) is 26.0 Å². The Bertz CT molecular complexity index is 1030. The molecule has 1 aromatic heterocycles. The van der Waals surface area contributed by atoms with Crippen LogP contribution in [0.4, 0.5) is 23.2 Å². The Labute approximate surface area is 173 Å². The molecule has 2 aromatic rings. The highest BCUT2D eigenvalue weighted by Gasteiger charge is 2.38. The third-order valence-corrected chi connectivity index (χ3v) is 7.60. The summed E-state index contributed by atoms with van der Waals surface area (Å²) in [5, 5.41) is 0. The largest absolute Gasteiger partial charge is 0.323 e. The normalized spacial score (nSPS) is 18.7. The van der Waals surface area contributed by atoms with Crippen molar-refractivity contribution in [2.24, 2.45) is 5.92 Å². The van der Waals surface area contributed by atoms with Crippen molar-refractivity contribution in [3.63, 3.8) is 0 Å². The van der Waals surface area contributed by atoms with E-state index in [1.165, 1.54) is 31.4 Å². The molecule has 0 saturated heterocycles. The maximum atomic E-state index is 14.3. The van der Waals surface area contributed by atoms with Crippen molar-refractivity contribution in [2.75, 3.05) is 4.72 Å². The standard InChI is InChI=1S/C20H27F4N3O2S/c1-18(2,3)30(28,29)26-14-6-5-7-15-16(14)25-17(19(4,21)22)27(15)12-13-8-10-20(23,24)11-9-13/h5-7,13,26H,8-12H2,1-4H3. The highest BCUT2D eigenvalue weighted by atomic mass is 32.2. The summed E-state index contributed by atoms with van der Waals surface area (Å²) in [5.74, 6) is -6.67. The minimum absolute atomic E-state index is 0.113. The van der Waals surface area contributed by atoms with E-state index in [1.54, 1.807) is 12.1 Å². The van der Waals surface area contributed by atoms with Gasteiger partial charge in [0.25, 0.3) is 0 Å². The summed E-state index contributed by atoms with van der Waals surface area (Å²) < 4.78 is 83.5. The summed E-state index contributed by atoms with van der Waals surface area (Å²) in [7, 11) is -3.79. The fraction of sp³-hybridized carbons (Fsp3) is 0.650. The molecule has 0 aliphatic heterocycles. The van der Waals surface area contributed by atoms with Gasteiger partial charge in [0, 0.05) is 26.3 Å². The molecule has 1 N–H and O–H groups in total. The second kappa shape index (κ2) is 7.39. The Hall–Kier alpha value is -1.84. The zero-order valence-electron chi connectivity index (χ0n) is 17.5. The molecule has 5 nitrogen and oxygen atoms in total. The lowest BCUT2D eigenvalue weighted by atomic mass is 9.86. The van der Waals surface area contributed by atoms with Crippen LogP contribution in [0.5, 0.6) is 0 Å². The second-order valence-electron chi connectivity index (χ2n) is 9.12. The Kier molecular flexibility index (Phi) is 5.62.